The minimum absolute atomic E-state index is 0.0392. The van der Waals surface area contributed by atoms with E-state index < -0.39 is 4.92 Å². The highest BCUT2D eigenvalue weighted by Gasteiger charge is 2.17. The number of nitrogens with two attached hydrogens (primary N) is 1. The summed E-state index contributed by atoms with van der Waals surface area (Å²) in [7, 11) is 0. The maximum Gasteiger partial charge on any atom is 0.292 e. The maximum atomic E-state index is 10.7. The van der Waals surface area contributed by atoms with Gasteiger partial charge in [-0.3, -0.25) is 10.1 Å². The fourth-order valence-corrected chi connectivity index (χ4v) is 2.84. The molecule has 0 amide bonds. The van der Waals surface area contributed by atoms with E-state index in [1.54, 1.807) is 12.1 Å². The Morgan fingerprint density at radius 3 is 2.95 bits per heavy atom. The number of hydrogen-bond acceptors (Lipinski definition) is 5. The summed E-state index contributed by atoms with van der Waals surface area (Å²) in [4.78, 5) is 12.8. The fraction of sp³-hybridized carbons (Fsp3) is 0.600. The Kier molecular flexibility index (Phi) is 5.38. The quantitative estimate of drug-likeness (QED) is 0.364. The van der Waals surface area contributed by atoms with Crippen LogP contribution in [0.15, 0.2) is 18.2 Å². The second-order valence-corrected chi connectivity index (χ2v) is 5.69. The van der Waals surface area contributed by atoms with Gasteiger partial charge in [0, 0.05) is 30.9 Å². The van der Waals surface area contributed by atoms with Gasteiger partial charge in [0.15, 0.2) is 0 Å². The smallest absolute Gasteiger partial charge is 0.292 e. The van der Waals surface area contributed by atoms with Crippen molar-refractivity contribution in [2.24, 2.45) is 0 Å². The van der Waals surface area contributed by atoms with Crippen LogP contribution in [0, 0.1) is 10.1 Å². The Labute approximate surface area is 125 Å². The maximum absolute atomic E-state index is 10.7. The molecule has 1 saturated heterocycles. The van der Waals surface area contributed by atoms with Crippen LogP contribution in [0.25, 0.3) is 0 Å². The first kappa shape index (κ1) is 15.6. The van der Waals surface area contributed by atoms with Gasteiger partial charge in [0.2, 0.25) is 0 Å². The molecule has 116 valence electrons. The van der Waals surface area contributed by atoms with Crippen molar-refractivity contribution in [2.45, 2.75) is 38.6 Å². The minimum atomic E-state index is -0.461. The molecule has 3 N–H and O–H groups in total. The highest BCUT2D eigenvalue weighted by Crippen LogP contribution is 2.24. The summed E-state index contributed by atoms with van der Waals surface area (Å²) >= 11 is 0. The summed E-state index contributed by atoms with van der Waals surface area (Å²) in [5.41, 5.74) is 6.67. The third kappa shape index (κ3) is 4.32. The predicted octanol–water partition coefficient (Wildman–Crippen LogP) is 2.85. The molecule has 6 nitrogen and oxygen atoms in total. The lowest BCUT2D eigenvalue weighted by atomic mass is 10.0. The highest BCUT2D eigenvalue weighted by molar-refractivity contribution is 5.65. The van der Waals surface area contributed by atoms with Gasteiger partial charge in [-0.05, 0) is 44.9 Å². The van der Waals surface area contributed by atoms with Gasteiger partial charge in [0.1, 0.15) is 5.69 Å². The van der Waals surface area contributed by atoms with Crippen molar-refractivity contribution in [1.82, 2.24) is 4.90 Å². The molecule has 6 heteroatoms. The van der Waals surface area contributed by atoms with E-state index in [0.29, 0.717) is 6.04 Å². The first-order valence-electron chi connectivity index (χ1n) is 7.60. The molecule has 1 aliphatic rings. The van der Waals surface area contributed by atoms with Crippen LogP contribution in [-0.4, -0.2) is 35.5 Å². The number of rotatable bonds is 6. The summed E-state index contributed by atoms with van der Waals surface area (Å²) in [6, 6.07) is 5.47. The number of nitrogens with zero attached hydrogens (tertiary/aromatic N) is 2. The molecule has 1 atom stereocenters. The molecule has 1 aromatic rings. The van der Waals surface area contributed by atoms with Gasteiger partial charge in [-0.25, -0.2) is 0 Å². The van der Waals surface area contributed by atoms with Gasteiger partial charge in [0.05, 0.1) is 4.92 Å². The first-order chi connectivity index (χ1) is 10.1. The lowest BCUT2D eigenvalue weighted by Crippen LogP contribution is -2.38. The molecule has 21 heavy (non-hydrogen) atoms. The van der Waals surface area contributed by atoms with Crippen molar-refractivity contribution in [3.8, 4) is 0 Å². The number of hydrogen-bond donors (Lipinski definition) is 2. The molecule has 0 spiro atoms. The molecule has 1 aromatic carbocycles. The standard InChI is InChI=1S/C15H24N4O2/c1-12-5-2-3-9-18(12)10-4-8-17-13-6-7-15(19(20)21)14(16)11-13/h6-7,11-12,17H,2-5,8-10,16H2,1H3. The highest BCUT2D eigenvalue weighted by atomic mass is 16.6. The van der Waals surface area contributed by atoms with E-state index in [4.69, 9.17) is 5.73 Å². The molecule has 2 rings (SSSR count). The first-order valence-corrected chi connectivity index (χ1v) is 7.60. The van der Waals surface area contributed by atoms with E-state index in [1.807, 2.05) is 0 Å². The minimum Gasteiger partial charge on any atom is -0.393 e. The topological polar surface area (TPSA) is 84.4 Å². The van der Waals surface area contributed by atoms with Gasteiger partial charge in [-0.1, -0.05) is 6.42 Å². The number of nitro benzene ring substituents is 1. The molecular weight excluding hydrogens is 268 g/mol. The van der Waals surface area contributed by atoms with Gasteiger partial charge < -0.3 is 16.0 Å². The Hall–Kier alpha value is -1.82. The third-order valence-corrected chi connectivity index (χ3v) is 4.12. The summed E-state index contributed by atoms with van der Waals surface area (Å²) in [5, 5.41) is 14.0. The van der Waals surface area contributed by atoms with Crippen LogP contribution in [0.5, 0.6) is 0 Å². The molecule has 1 heterocycles. The van der Waals surface area contributed by atoms with E-state index in [-0.39, 0.29) is 11.4 Å². The van der Waals surface area contributed by atoms with E-state index >= 15 is 0 Å². The van der Waals surface area contributed by atoms with Crippen LogP contribution < -0.4 is 11.1 Å². The molecule has 1 aliphatic heterocycles. The fourth-order valence-electron chi connectivity index (χ4n) is 2.84. The average molecular weight is 292 g/mol. The number of nitrogens with one attached hydrogen (secondary N) is 1. The molecule has 0 aliphatic carbocycles. The van der Waals surface area contributed by atoms with E-state index in [1.165, 1.54) is 31.9 Å². The van der Waals surface area contributed by atoms with Gasteiger partial charge in [-0.15, -0.1) is 0 Å². The molecule has 1 unspecified atom stereocenters. The van der Waals surface area contributed by atoms with Crippen molar-refractivity contribution < 1.29 is 4.92 Å². The van der Waals surface area contributed by atoms with Gasteiger partial charge >= 0.3 is 0 Å². The summed E-state index contributed by atoms with van der Waals surface area (Å²) in [6.07, 6.45) is 5.00. The van der Waals surface area contributed by atoms with Crippen LogP contribution >= 0.6 is 0 Å². The summed E-state index contributed by atoms with van der Waals surface area (Å²) < 4.78 is 0. The largest absolute Gasteiger partial charge is 0.393 e. The summed E-state index contributed by atoms with van der Waals surface area (Å²) in [5.74, 6) is 0. The number of likely N-dealkylation sites (tertiary alicyclic amines) is 1. The number of benzene rings is 1. The zero-order valence-corrected chi connectivity index (χ0v) is 12.5. The Bertz CT molecular complexity index is 493. The van der Waals surface area contributed by atoms with Crippen LogP contribution in [0.2, 0.25) is 0 Å². The Morgan fingerprint density at radius 1 is 1.48 bits per heavy atom. The zero-order valence-electron chi connectivity index (χ0n) is 12.5. The monoisotopic (exact) mass is 292 g/mol. The molecule has 0 radical (unpaired) electrons. The van der Waals surface area contributed by atoms with E-state index in [0.717, 1.165) is 25.2 Å². The van der Waals surface area contributed by atoms with Crippen molar-refractivity contribution in [2.75, 3.05) is 30.7 Å². The van der Waals surface area contributed by atoms with Crippen LogP contribution in [-0.2, 0) is 0 Å². The molecule has 0 aromatic heterocycles. The van der Waals surface area contributed by atoms with Crippen LogP contribution in [0.4, 0.5) is 17.1 Å². The number of nitrogen functional groups attached to an aromatic ring is 1. The molecule has 1 fully saturated rings. The average Bonchev–Trinajstić information content (AvgIpc) is 2.45. The lowest BCUT2D eigenvalue weighted by molar-refractivity contribution is -0.383. The third-order valence-electron chi connectivity index (χ3n) is 4.12. The van der Waals surface area contributed by atoms with Crippen LogP contribution in [0.1, 0.15) is 32.6 Å². The second kappa shape index (κ2) is 7.26. The second-order valence-electron chi connectivity index (χ2n) is 5.69. The predicted molar refractivity (Wildman–Crippen MR) is 85.5 cm³/mol. The van der Waals surface area contributed by atoms with Crippen LogP contribution in [0.3, 0.4) is 0 Å². The van der Waals surface area contributed by atoms with Crippen molar-refractivity contribution in [3.05, 3.63) is 28.3 Å². The van der Waals surface area contributed by atoms with Crippen molar-refractivity contribution in [1.29, 1.82) is 0 Å². The van der Waals surface area contributed by atoms with Crippen molar-refractivity contribution >= 4 is 17.1 Å². The van der Waals surface area contributed by atoms with Crippen molar-refractivity contribution in [3.63, 3.8) is 0 Å². The molecule has 0 saturated carbocycles. The summed E-state index contributed by atoms with van der Waals surface area (Å²) in [6.45, 7) is 5.44. The number of piperidine rings is 1. The normalized spacial score (nSPS) is 19.4. The Balaban J connectivity index is 1.76. The molecule has 0 bridgehead atoms. The zero-order chi connectivity index (χ0) is 15.2. The van der Waals surface area contributed by atoms with Gasteiger partial charge in [0.25, 0.3) is 5.69 Å². The number of nitro groups is 1. The SMILES string of the molecule is CC1CCCCN1CCCNc1ccc([N+](=O)[O-])c(N)c1. The van der Waals surface area contributed by atoms with E-state index in [9.17, 15) is 10.1 Å². The van der Waals surface area contributed by atoms with Gasteiger partial charge in [-0.2, -0.15) is 0 Å². The lowest BCUT2D eigenvalue weighted by Gasteiger charge is -2.33. The Morgan fingerprint density at radius 2 is 2.29 bits per heavy atom. The molecular formula is C15H24N4O2. The number of anilines is 2. The van der Waals surface area contributed by atoms with E-state index in [2.05, 4.69) is 17.1 Å².